The van der Waals surface area contributed by atoms with E-state index in [1.165, 1.54) is 12.7 Å². The van der Waals surface area contributed by atoms with Crippen molar-refractivity contribution >= 4 is 5.78 Å². The summed E-state index contributed by atoms with van der Waals surface area (Å²) in [6.07, 6.45) is 3.18. The van der Waals surface area contributed by atoms with Gasteiger partial charge in [-0.05, 0) is 67.3 Å². The van der Waals surface area contributed by atoms with Gasteiger partial charge < -0.3 is 14.2 Å². The van der Waals surface area contributed by atoms with Gasteiger partial charge in [0.05, 0.1) is 13.5 Å². The third-order valence-electron chi connectivity index (χ3n) is 7.61. The number of carbonyl (C=O) groups is 1. The van der Waals surface area contributed by atoms with Gasteiger partial charge in [-0.25, -0.2) is 0 Å². The molecule has 3 heterocycles. The molecule has 4 rings (SSSR count). The molecule has 0 N–H and O–H groups in total. The lowest BCUT2D eigenvalue weighted by molar-refractivity contribution is -0.134. The number of aromatic nitrogens is 2. The molecule has 1 saturated carbocycles. The number of nitrogens with zero attached hydrogens (tertiary/aromatic N) is 3. The van der Waals surface area contributed by atoms with Crippen LogP contribution in [0, 0.1) is 11.8 Å². The molecule has 0 aromatic carbocycles. The maximum Gasteiger partial charge on any atom is 0.389 e. The highest BCUT2D eigenvalue weighted by Gasteiger charge is 2.27. The number of aryl methyl sites for hydroxylation is 1. The second-order valence-corrected chi connectivity index (χ2v) is 10.3. The quantitative estimate of drug-likeness (QED) is 0.431. The van der Waals surface area contributed by atoms with E-state index in [1.807, 2.05) is 6.07 Å². The van der Waals surface area contributed by atoms with Crippen molar-refractivity contribution < 1.29 is 27.2 Å². The van der Waals surface area contributed by atoms with Crippen LogP contribution in [-0.4, -0.2) is 53.7 Å². The second-order valence-electron chi connectivity index (χ2n) is 10.3. The van der Waals surface area contributed by atoms with Gasteiger partial charge in [0.2, 0.25) is 0 Å². The number of pyridine rings is 1. The molecule has 0 saturated heterocycles. The minimum Gasteiger partial charge on any atom is -0.479 e. The van der Waals surface area contributed by atoms with E-state index in [2.05, 4.69) is 15.0 Å². The van der Waals surface area contributed by atoms with E-state index >= 15 is 0 Å². The van der Waals surface area contributed by atoms with Crippen molar-refractivity contribution in [1.82, 2.24) is 15.0 Å². The first kappa shape index (κ1) is 26.6. The fraction of sp³-hybridized carbons (Fsp3) is 0.667. The molecular weight excluding hydrogens is 471 g/mol. The maximum absolute atomic E-state index is 12.5. The monoisotopic (exact) mass is 507 g/mol. The predicted molar refractivity (Wildman–Crippen MR) is 129 cm³/mol. The van der Waals surface area contributed by atoms with Crippen molar-refractivity contribution in [3.63, 3.8) is 0 Å². The average molecular weight is 508 g/mol. The Kier molecular flexibility index (Phi) is 9.04. The van der Waals surface area contributed by atoms with Gasteiger partial charge in [0, 0.05) is 49.8 Å². The Labute approximate surface area is 210 Å². The first-order valence-electron chi connectivity index (χ1n) is 13.1. The molecule has 1 aliphatic carbocycles. The first-order chi connectivity index (χ1) is 17.3. The van der Waals surface area contributed by atoms with Crippen molar-refractivity contribution in [2.45, 2.75) is 76.8 Å². The van der Waals surface area contributed by atoms with Gasteiger partial charge in [-0.1, -0.05) is 18.9 Å². The van der Waals surface area contributed by atoms with E-state index in [9.17, 15) is 18.0 Å². The molecule has 2 aromatic rings. The SMILES string of the molecule is COc1cc(CC(=O)CC2CCC(CCN3CCc4ccc(CCC(F)(F)F)nc4CC3)CC2)on1. The van der Waals surface area contributed by atoms with E-state index < -0.39 is 12.6 Å². The number of hydrogen-bond acceptors (Lipinski definition) is 6. The summed E-state index contributed by atoms with van der Waals surface area (Å²) in [5, 5.41) is 3.75. The lowest BCUT2D eigenvalue weighted by atomic mass is 9.78. The van der Waals surface area contributed by atoms with E-state index in [-0.39, 0.29) is 18.6 Å². The molecule has 2 aliphatic rings. The fourth-order valence-corrected chi connectivity index (χ4v) is 5.46. The molecule has 1 aliphatic heterocycles. The zero-order valence-corrected chi connectivity index (χ0v) is 21.0. The number of halogens is 3. The Morgan fingerprint density at radius 3 is 2.61 bits per heavy atom. The van der Waals surface area contributed by atoms with Crippen molar-refractivity contribution in [3.8, 4) is 5.88 Å². The molecule has 0 unspecified atom stereocenters. The summed E-state index contributed by atoms with van der Waals surface area (Å²) in [7, 11) is 1.52. The number of rotatable bonds is 10. The normalized spacial score (nSPS) is 21.1. The van der Waals surface area contributed by atoms with E-state index in [0.29, 0.717) is 35.6 Å². The van der Waals surface area contributed by atoms with E-state index in [1.54, 1.807) is 12.1 Å². The van der Waals surface area contributed by atoms with Crippen molar-refractivity contribution in [2.24, 2.45) is 11.8 Å². The van der Waals surface area contributed by atoms with Gasteiger partial charge in [0.25, 0.3) is 5.88 Å². The number of carbonyl (C=O) groups excluding carboxylic acids is 1. The van der Waals surface area contributed by atoms with Gasteiger partial charge in [-0.2, -0.15) is 13.2 Å². The minimum atomic E-state index is -4.15. The topological polar surface area (TPSA) is 68.5 Å². The van der Waals surface area contributed by atoms with Gasteiger partial charge >= 0.3 is 6.18 Å². The van der Waals surface area contributed by atoms with Crippen LogP contribution in [0.4, 0.5) is 13.2 Å². The molecule has 0 bridgehead atoms. The summed E-state index contributed by atoms with van der Waals surface area (Å²) in [6.45, 7) is 2.91. The van der Waals surface area contributed by atoms with Gasteiger partial charge in [0.15, 0.2) is 0 Å². The predicted octanol–water partition coefficient (Wildman–Crippen LogP) is 5.37. The molecule has 0 spiro atoms. The number of methoxy groups -OCH3 is 1. The number of ether oxygens (including phenoxy) is 1. The smallest absolute Gasteiger partial charge is 0.389 e. The summed E-state index contributed by atoms with van der Waals surface area (Å²) in [6, 6.07) is 5.39. The molecule has 0 amide bonds. The molecule has 9 heteroatoms. The zero-order chi connectivity index (χ0) is 25.5. The first-order valence-corrected chi connectivity index (χ1v) is 13.1. The van der Waals surface area contributed by atoms with E-state index in [0.717, 1.165) is 70.3 Å². The number of alkyl halides is 3. The van der Waals surface area contributed by atoms with Gasteiger partial charge in [0.1, 0.15) is 11.5 Å². The van der Waals surface area contributed by atoms with Crippen LogP contribution in [0.25, 0.3) is 0 Å². The van der Waals surface area contributed by atoms with Crippen LogP contribution in [0.5, 0.6) is 5.88 Å². The number of Topliss-reactive ketones (excluding diaryl/α,β-unsaturated/α-hetero) is 1. The Morgan fingerprint density at radius 2 is 1.89 bits per heavy atom. The lowest BCUT2D eigenvalue weighted by Gasteiger charge is -2.30. The highest BCUT2D eigenvalue weighted by molar-refractivity contribution is 5.80. The summed E-state index contributed by atoms with van der Waals surface area (Å²) in [5.74, 6) is 2.28. The number of hydrogen-bond donors (Lipinski definition) is 0. The van der Waals surface area contributed by atoms with Crippen LogP contribution in [0.3, 0.4) is 0 Å². The van der Waals surface area contributed by atoms with Crippen LogP contribution >= 0.6 is 0 Å². The van der Waals surface area contributed by atoms with Crippen LogP contribution in [-0.2, 0) is 30.5 Å². The van der Waals surface area contributed by atoms with Gasteiger partial charge in [-0.3, -0.25) is 9.78 Å². The summed E-state index contributed by atoms with van der Waals surface area (Å²) >= 11 is 0. The standard InChI is InChI=1S/C27H36F3N3O3/c1-35-26-18-24(36-32-26)17-23(34)16-20-4-2-19(3-5-20)9-13-33-14-10-21-6-7-22(8-12-27(28,29)30)31-25(21)11-15-33/h6-7,18-20H,2-5,8-17H2,1H3. The molecule has 36 heavy (non-hydrogen) atoms. The summed E-state index contributed by atoms with van der Waals surface area (Å²) in [5.41, 5.74) is 2.67. The van der Waals surface area contributed by atoms with Gasteiger partial charge in [-0.15, -0.1) is 0 Å². The van der Waals surface area contributed by atoms with Crippen molar-refractivity contribution in [2.75, 3.05) is 26.7 Å². The number of fused-ring (bicyclic) bond motifs is 1. The highest BCUT2D eigenvalue weighted by atomic mass is 19.4. The average Bonchev–Trinajstić information content (AvgIpc) is 3.20. The molecule has 1 fully saturated rings. The molecule has 0 radical (unpaired) electrons. The largest absolute Gasteiger partial charge is 0.479 e. The van der Waals surface area contributed by atoms with Crippen LogP contribution < -0.4 is 4.74 Å². The molecule has 0 atom stereocenters. The van der Waals surface area contributed by atoms with Crippen molar-refractivity contribution in [3.05, 3.63) is 40.9 Å². The van der Waals surface area contributed by atoms with Crippen LogP contribution in [0.1, 0.15) is 67.7 Å². The summed E-state index contributed by atoms with van der Waals surface area (Å²) < 4.78 is 47.8. The molecule has 198 valence electrons. The number of ketones is 1. The molecular formula is C27H36F3N3O3. The zero-order valence-electron chi connectivity index (χ0n) is 21.0. The Balaban J connectivity index is 1.15. The fourth-order valence-electron chi connectivity index (χ4n) is 5.46. The second kappa shape index (κ2) is 12.2. The Morgan fingerprint density at radius 1 is 1.14 bits per heavy atom. The Hall–Kier alpha value is -2.42. The third-order valence-corrected chi connectivity index (χ3v) is 7.61. The highest BCUT2D eigenvalue weighted by Crippen LogP contribution is 2.33. The third kappa shape index (κ3) is 8.05. The Bertz CT molecular complexity index is 1000. The van der Waals surface area contributed by atoms with E-state index in [4.69, 9.17) is 9.26 Å². The summed E-state index contributed by atoms with van der Waals surface area (Å²) in [4.78, 5) is 19.5. The maximum atomic E-state index is 12.5. The lowest BCUT2D eigenvalue weighted by Crippen LogP contribution is -2.29. The van der Waals surface area contributed by atoms with Crippen LogP contribution in [0.2, 0.25) is 0 Å². The molecule has 6 nitrogen and oxygen atoms in total. The van der Waals surface area contributed by atoms with Crippen LogP contribution in [0.15, 0.2) is 22.7 Å². The minimum absolute atomic E-state index is 0.0520. The molecule has 2 aromatic heterocycles. The van der Waals surface area contributed by atoms with Crippen molar-refractivity contribution in [1.29, 1.82) is 0 Å².